The molecule has 0 aromatic rings. The van der Waals surface area contributed by atoms with Crippen LogP contribution in [0.25, 0.3) is 0 Å². The van der Waals surface area contributed by atoms with Crippen LogP contribution in [0.15, 0.2) is 0 Å². The van der Waals surface area contributed by atoms with Crippen LogP contribution in [0.2, 0.25) is 0 Å². The van der Waals surface area contributed by atoms with Crippen LogP contribution in [0.3, 0.4) is 0 Å². The molecule has 1 heterocycles. The number of ether oxygens (including phenoxy) is 2. The van der Waals surface area contributed by atoms with Crippen molar-refractivity contribution in [2.75, 3.05) is 40.5 Å². The molecule has 0 spiro atoms. The highest BCUT2D eigenvalue weighted by atomic mass is 16.5. The van der Waals surface area contributed by atoms with Gasteiger partial charge in [0.25, 0.3) is 0 Å². The van der Waals surface area contributed by atoms with Gasteiger partial charge in [0.1, 0.15) is 0 Å². The molecule has 1 aliphatic heterocycles. The van der Waals surface area contributed by atoms with Crippen LogP contribution in [0.4, 0.5) is 0 Å². The van der Waals surface area contributed by atoms with E-state index in [1.54, 1.807) is 14.2 Å². The first kappa shape index (κ1) is 17.4. The lowest BCUT2D eigenvalue weighted by atomic mass is 9.97. The molecular weight excluding hydrogens is 258 g/mol. The van der Waals surface area contributed by atoms with Crippen LogP contribution in [0.5, 0.6) is 0 Å². The molecule has 0 aromatic heterocycles. The Kier molecular flexibility index (Phi) is 8.06. The number of nitrogens with one attached hydrogen (secondary N) is 1. The number of rotatable bonds is 8. The quantitative estimate of drug-likeness (QED) is 0.613. The average Bonchev–Trinajstić information content (AvgIpc) is 2.49. The predicted molar refractivity (Wildman–Crippen MR) is 78.5 cm³/mol. The molecule has 1 amide bonds. The molecule has 1 saturated heterocycles. The van der Waals surface area contributed by atoms with Crippen LogP contribution >= 0.6 is 0 Å². The number of hydrogen-bond acceptors (Lipinski definition) is 5. The summed E-state index contributed by atoms with van der Waals surface area (Å²) in [5.41, 5.74) is 5.84. The highest BCUT2D eigenvalue weighted by Crippen LogP contribution is 2.21. The number of nitrogens with two attached hydrogens (primary N) is 1. The molecule has 0 bridgehead atoms. The van der Waals surface area contributed by atoms with Gasteiger partial charge in [-0.25, -0.2) is 0 Å². The van der Waals surface area contributed by atoms with E-state index in [1.165, 1.54) is 0 Å². The molecule has 0 radical (unpaired) electrons. The van der Waals surface area contributed by atoms with Crippen molar-refractivity contribution < 1.29 is 14.3 Å². The van der Waals surface area contributed by atoms with Gasteiger partial charge in [0.2, 0.25) is 5.91 Å². The Morgan fingerprint density at radius 2 is 2.25 bits per heavy atom. The lowest BCUT2D eigenvalue weighted by Crippen LogP contribution is -2.56. The van der Waals surface area contributed by atoms with Crippen molar-refractivity contribution in [2.45, 2.75) is 44.4 Å². The monoisotopic (exact) mass is 287 g/mol. The third kappa shape index (κ3) is 5.01. The van der Waals surface area contributed by atoms with Crippen LogP contribution in [-0.4, -0.2) is 69.5 Å². The Morgan fingerprint density at radius 3 is 2.85 bits per heavy atom. The van der Waals surface area contributed by atoms with Gasteiger partial charge in [-0.1, -0.05) is 0 Å². The van der Waals surface area contributed by atoms with Gasteiger partial charge in [-0.3, -0.25) is 9.69 Å². The number of methoxy groups -OCH3 is 2. The zero-order valence-corrected chi connectivity index (χ0v) is 12.9. The van der Waals surface area contributed by atoms with Gasteiger partial charge in [-0.05, 0) is 26.2 Å². The summed E-state index contributed by atoms with van der Waals surface area (Å²) in [7, 11) is 3.40. The summed E-state index contributed by atoms with van der Waals surface area (Å²) in [6.07, 6.45) is 2.95. The third-order valence-corrected chi connectivity index (χ3v) is 4.02. The van der Waals surface area contributed by atoms with E-state index >= 15 is 0 Å². The van der Waals surface area contributed by atoms with Gasteiger partial charge >= 0.3 is 0 Å². The van der Waals surface area contributed by atoms with Crippen LogP contribution in [0, 0.1) is 0 Å². The summed E-state index contributed by atoms with van der Waals surface area (Å²) in [6, 6.07) is 0.0670. The average molecular weight is 287 g/mol. The maximum absolute atomic E-state index is 12.2. The molecule has 6 nitrogen and oxygen atoms in total. The van der Waals surface area contributed by atoms with Crippen molar-refractivity contribution in [3.8, 4) is 0 Å². The number of carbonyl (C=O) groups is 1. The largest absolute Gasteiger partial charge is 0.385 e. The fraction of sp³-hybridized carbons (Fsp3) is 0.929. The van der Waals surface area contributed by atoms with Crippen LogP contribution < -0.4 is 11.1 Å². The van der Waals surface area contributed by atoms with Crippen molar-refractivity contribution in [1.29, 1.82) is 0 Å². The van der Waals surface area contributed by atoms with Crippen molar-refractivity contribution in [3.05, 3.63) is 0 Å². The number of likely N-dealkylation sites (tertiary alicyclic amines) is 1. The molecule has 1 fully saturated rings. The highest BCUT2D eigenvalue weighted by Gasteiger charge is 2.33. The minimum absolute atomic E-state index is 0.0652. The Bertz CT molecular complexity index is 289. The van der Waals surface area contributed by atoms with E-state index in [1.807, 2.05) is 6.92 Å². The standard InChI is InChI=1S/C14H29N3O3/c1-11(14(18)16-6-4-8-19-2)17-7-5-13(20-3)9-12(17)10-15/h11-13H,4-10,15H2,1-3H3,(H,16,18). The second kappa shape index (κ2) is 9.28. The highest BCUT2D eigenvalue weighted by molar-refractivity contribution is 5.81. The summed E-state index contributed by atoms with van der Waals surface area (Å²) in [6.45, 7) is 4.67. The van der Waals surface area contributed by atoms with E-state index in [-0.39, 0.29) is 24.1 Å². The van der Waals surface area contributed by atoms with E-state index in [4.69, 9.17) is 15.2 Å². The van der Waals surface area contributed by atoms with Gasteiger partial charge in [0.05, 0.1) is 12.1 Å². The summed E-state index contributed by atoms with van der Waals surface area (Å²) in [5, 5.41) is 2.95. The first-order chi connectivity index (χ1) is 9.63. The third-order valence-electron chi connectivity index (χ3n) is 4.02. The van der Waals surface area contributed by atoms with Crippen molar-refractivity contribution in [3.63, 3.8) is 0 Å². The number of amides is 1. The van der Waals surface area contributed by atoms with Crippen LogP contribution in [0.1, 0.15) is 26.2 Å². The summed E-state index contributed by atoms with van der Waals surface area (Å²) in [5.74, 6) is 0.0652. The molecule has 0 saturated carbocycles. The second-order valence-corrected chi connectivity index (χ2v) is 5.32. The Hall–Kier alpha value is -0.690. The fourth-order valence-corrected chi connectivity index (χ4v) is 2.71. The van der Waals surface area contributed by atoms with Gasteiger partial charge in [0.15, 0.2) is 0 Å². The Balaban J connectivity index is 2.44. The molecule has 6 heteroatoms. The molecular formula is C14H29N3O3. The SMILES string of the molecule is COCCCNC(=O)C(C)N1CCC(OC)CC1CN. The zero-order valence-electron chi connectivity index (χ0n) is 12.9. The number of piperidine rings is 1. The number of nitrogens with zero attached hydrogens (tertiary/aromatic N) is 1. The lowest BCUT2D eigenvalue weighted by molar-refractivity contribution is -0.128. The smallest absolute Gasteiger partial charge is 0.237 e. The van der Waals surface area contributed by atoms with E-state index in [9.17, 15) is 4.79 Å². The molecule has 3 atom stereocenters. The Morgan fingerprint density at radius 1 is 1.50 bits per heavy atom. The maximum atomic E-state index is 12.2. The lowest BCUT2D eigenvalue weighted by Gasteiger charge is -2.41. The zero-order chi connectivity index (χ0) is 15.0. The molecule has 118 valence electrons. The molecule has 0 aromatic carbocycles. The van der Waals surface area contributed by atoms with Crippen molar-refractivity contribution in [2.24, 2.45) is 5.73 Å². The molecule has 1 rings (SSSR count). The second-order valence-electron chi connectivity index (χ2n) is 5.32. The van der Waals surface area contributed by atoms with E-state index in [0.717, 1.165) is 25.8 Å². The van der Waals surface area contributed by atoms with Gasteiger partial charge in [-0.2, -0.15) is 0 Å². The Labute approximate surface area is 122 Å². The summed E-state index contributed by atoms with van der Waals surface area (Å²) in [4.78, 5) is 14.3. The molecule has 3 N–H and O–H groups in total. The van der Waals surface area contributed by atoms with E-state index in [0.29, 0.717) is 19.7 Å². The molecule has 1 aliphatic rings. The van der Waals surface area contributed by atoms with E-state index in [2.05, 4.69) is 10.2 Å². The fourth-order valence-electron chi connectivity index (χ4n) is 2.71. The van der Waals surface area contributed by atoms with E-state index < -0.39 is 0 Å². The maximum Gasteiger partial charge on any atom is 0.237 e. The summed E-state index contributed by atoms with van der Waals surface area (Å²) < 4.78 is 10.4. The molecule has 20 heavy (non-hydrogen) atoms. The summed E-state index contributed by atoms with van der Waals surface area (Å²) >= 11 is 0. The van der Waals surface area contributed by atoms with Crippen molar-refractivity contribution >= 4 is 5.91 Å². The first-order valence-electron chi connectivity index (χ1n) is 7.39. The number of carbonyl (C=O) groups excluding carboxylic acids is 1. The number of hydrogen-bond donors (Lipinski definition) is 2. The molecule has 0 aliphatic carbocycles. The minimum Gasteiger partial charge on any atom is -0.385 e. The first-order valence-corrected chi connectivity index (χ1v) is 7.39. The molecule has 3 unspecified atom stereocenters. The predicted octanol–water partition coefficient (Wildman–Crippen LogP) is -0.0343. The van der Waals surface area contributed by atoms with Crippen LogP contribution in [-0.2, 0) is 14.3 Å². The van der Waals surface area contributed by atoms with Gasteiger partial charge in [0, 0.05) is 46.5 Å². The van der Waals surface area contributed by atoms with Gasteiger partial charge in [-0.15, -0.1) is 0 Å². The minimum atomic E-state index is -0.149. The van der Waals surface area contributed by atoms with Crippen molar-refractivity contribution in [1.82, 2.24) is 10.2 Å². The topological polar surface area (TPSA) is 76.8 Å². The normalized spacial score (nSPS) is 25.4. The van der Waals surface area contributed by atoms with Gasteiger partial charge < -0.3 is 20.5 Å².